The molecule has 45 heavy (non-hydrogen) atoms. The lowest BCUT2D eigenvalue weighted by molar-refractivity contribution is -0.128. The number of H-pyrrole nitrogens is 1. The molecule has 0 saturated carbocycles. The third-order valence-corrected chi connectivity index (χ3v) is 8.03. The monoisotopic (exact) mass is 601 g/mol. The molecule has 1 aliphatic rings. The van der Waals surface area contributed by atoms with Crippen molar-refractivity contribution in [3.63, 3.8) is 0 Å². The van der Waals surface area contributed by atoms with Crippen molar-refractivity contribution >= 4 is 17.5 Å². The summed E-state index contributed by atoms with van der Waals surface area (Å²) in [7, 11) is 0. The molecule has 0 aliphatic carbocycles. The fourth-order valence-electron chi connectivity index (χ4n) is 5.93. The van der Waals surface area contributed by atoms with Gasteiger partial charge in [-0.3, -0.25) is 9.59 Å². The van der Waals surface area contributed by atoms with Crippen LogP contribution in [0.5, 0.6) is 5.75 Å². The number of nitrogens with one attached hydrogen (secondary N) is 2. The molecule has 2 amide bonds. The van der Waals surface area contributed by atoms with Gasteiger partial charge in [-0.1, -0.05) is 78.9 Å². The maximum absolute atomic E-state index is 14.5. The highest BCUT2D eigenvalue weighted by Crippen LogP contribution is 2.37. The number of hydrogen-bond donors (Lipinski definition) is 4. The Balaban J connectivity index is 1.35. The second-order valence-electron chi connectivity index (χ2n) is 12.1. The van der Waals surface area contributed by atoms with Crippen molar-refractivity contribution in [3.8, 4) is 28.3 Å². The number of carbonyl (C=O) groups is 2. The maximum atomic E-state index is 14.5. The molecule has 6 rings (SSSR count). The van der Waals surface area contributed by atoms with Gasteiger partial charge >= 0.3 is 0 Å². The minimum absolute atomic E-state index is 0.0683. The largest absolute Gasteiger partial charge is 0.508 e. The molecule has 5 aromatic rings. The van der Waals surface area contributed by atoms with Crippen molar-refractivity contribution in [2.75, 3.05) is 4.90 Å². The highest BCUT2D eigenvalue weighted by molar-refractivity contribution is 6.01. The van der Waals surface area contributed by atoms with Crippen LogP contribution in [0.2, 0.25) is 0 Å². The number of benzene rings is 4. The van der Waals surface area contributed by atoms with Crippen molar-refractivity contribution in [2.45, 2.75) is 50.7 Å². The van der Waals surface area contributed by atoms with Crippen LogP contribution < -0.4 is 16.0 Å². The van der Waals surface area contributed by atoms with E-state index in [1.165, 1.54) is 0 Å². The van der Waals surface area contributed by atoms with E-state index < -0.39 is 11.6 Å². The summed E-state index contributed by atoms with van der Waals surface area (Å²) in [5.41, 5.74) is 11.8. The molecule has 0 saturated heterocycles. The fraction of sp³-hybridized carbons (Fsp3) is 0.229. The van der Waals surface area contributed by atoms with Gasteiger partial charge in [0.2, 0.25) is 11.7 Å². The number of aromatic hydroxyl groups is 1. The van der Waals surface area contributed by atoms with Gasteiger partial charge in [-0.2, -0.15) is 5.21 Å². The quantitative estimate of drug-likeness (QED) is 0.201. The topological polar surface area (TPSA) is 150 Å². The number of nitrogens with zero attached hydrogens (tertiary/aromatic N) is 4. The van der Waals surface area contributed by atoms with Gasteiger partial charge in [-0.05, 0) is 71.5 Å². The highest BCUT2D eigenvalue weighted by atomic mass is 16.3. The van der Waals surface area contributed by atoms with Crippen LogP contribution in [-0.4, -0.2) is 49.1 Å². The van der Waals surface area contributed by atoms with Gasteiger partial charge < -0.3 is 21.1 Å². The van der Waals surface area contributed by atoms with Crippen molar-refractivity contribution in [1.82, 2.24) is 25.9 Å². The van der Waals surface area contributed by atoms with E-state index in [1.54, 1.807) is 30.9 Å². The van der Waals surface area contributed by atoms with Crippen molar-refractivity contribution in [2.24, 2.45) is 5.73 Å². The Bertz CT molecular complexity index is 1800. The second kappa shape index (κ2) is 12.3. The molecular formula is C35H35N7O3. The molecule has 228 valence electrons. The first-order valence-corrected chi connectivity index (χ1v) is 14.8. The summed E-state index contributed by atoms with van der Waals surface area (Å²) in [6, 6.07) is 29.7. The van der Waals surface area contributed by atoms with Gasteiger partial charge in [0.05, 0.1) is 6.54 Å². The maximum Gasteiger partial charge on any atom is 0.250 e. The highest BCUT2D eigenvalue weighted by Gasteiger charge is 2.39. The molecule has 0 spiro atoms. The molecule has 2 atom stereocenters. The Morgan fingerprint density at radius 3 is 2.36 bits per heavy atom. The Labute approximate surface area is 261 Å². The van der Waals surface area contributed by atoms with Crippen molar-refractivity contribution in [1.29, 1.82) is 0 Å². The molecule has 2 heterocycles. The number of anilines is 1. The normalized spacial score (nSPS) is 16.6. The number of amides is 2. The summed E-state index contributed by atoms with van der Waals surface area (Å²) in [5.74, 6) is -0.226. The number of para-hydroxylation sites is 1. The standard InChI is InChI=1S/C35H35N7O3/c1-35(2,36)20-31(44)37-32-29(24-15-17-26(43)18-16-24)19-25-7-3-6-10-30(25)42(34(32)45)21-22-11-13-23(14-12-22)27-8-4-5-9-28(27)33-38-40-41-39-33/h3-18,29,32,43H,19-21,36H2,1-2H3,(H,37,44)(H,38,39,40,41). The summed E-state index contributed by atoms with van der Waals surface area (Å²) in [6.45, 7) is 3.87. The van der Waals surface area contributed by atoms with Gasteiger partial charge in [0.25, 0.3) is 5.91 Å². The van der Waals surface area contributed by atoms with E-state index in [0.717, 1.165) is 39.1 Å². The predicted octanol–water partition coefficient (Wildman–Crippen LogP) is 4.72. The van der Waals surface area contributed by atoms with Crippen molar-refractivity contribution < 1.29 is 14.7 Å². The van der Waals surface area contributed by atoms with E-state index >= 15 is 0 Å². The number of nitrogens with two attached hydrogens (primary N) is 1. The molecule has 5 N–H and O–H groups in total. The van der Waals surface area contributed by atoms with Gasteiger partial charge in [0, 0.05) is 29.1 Å². The third-order valence-electron chi connectivity index (χ3n) is 8.03. The minimum atomic E-state index is -0.849. The number of aromatic amines is 1. The summed E-state index contributed by atoms with van der Waals surface area (Å²) < 4.78 is 0. The number of carbonyl (C=O) groups excluding carboxylic acids is 2. The molecule has 1 aliphatic heterocycles. The molecule has 0 fully saturated rings. The van der Waals surface area contributed by atoms with Crippen LogP contribution in [-0.2, 0) is 22.6 Å². The van der Waals surface area contributed by atoms with E-state index in [9.17, 15) is 14.7 Å². The molecule has 2 unspecified atom stereocenters. The zero-order valence-corrected chi connectivity index (χ0v) is 25.1. The average molecular weight is 602 g/mol. The Morgan fingerprint density at radius 1 is 0.978 bits per heavy atom. The predicted molar refractivity (Wildman–Crippen MR) is 172 cm³/mol. The lowest BCUT2D eigenvalue weighted by atomic mass is 9.86. The number of rotatable bonds is 8. The number of hydrogen-bond acceptors (Lipinski definition) is 7. The van der Waals surface area contributed by atoms with Crippen LogP contribution in [0.1, 0.15) is 42.9 Å². The van der Waals surface area contributed by atoms with Gasteiger partial charge in [0.1, 0.15) is 11.8 Å². The molecule has 0 bridgehead atoms. The summed E-state index contributed by atoms with van der Waals surface area (Å²) in [6.07, 6.45) is 0.588. The Morgan fingerprint density at radius 2 is 1.67 bits per heavy atom. The van der Waals surface area contributed by atoms with Crippen LogP contribution in [0, 0.1) is 0 Å². The first-order chi connectivity index (χ1) is 21.7. The first kappa shape index (κ1) is 29.7. The zero-order valence-electron chi connectivity index (χ0n) is 25.1. The zero-order chi connectivity index (χ0) is 31.6. The van der Waals surface area contributed by atoms with Crippen LogP contribution in [0.4, 0.5) is 5.69 Å². The van der Waals surface area contributed by atoms with E-state index in [4.69, 9.17) is 5.73 Å². The summed E-state index contributed by atoms with van der Waals surface area (Å²) in [5, 5.41) is 27.5. The fourth-order valence-corrected chi connectivity index (χ4v) is 5.93. The summed E-state index contributed by atoms with van der Waals surface area (Å²) in [4.78, 5) is 29.5. The van der Waals surface area contributed by atoms with Crippen LogP contribution in [0.25, 0.3) is 22.5 Å². The first-order valence-electron chi connectivity index (χ1n) is 14.8. The number of phenolic OH excluding ortho intramolecular Hbond substituents is 1. The Kier molecular flexibility index (Phi) is 8.14. The van der Waals surface area contributed by atoms with Gasteiger partial charge in [-0.25, -0.2) is 0 Å². The van der Waals surface area contributed by atoms with E-state index in [2.05, 4.69) is 25.9 Å². The van der Waals surface area contributed by atoms with Gasteiger partial charge in [-0.15, -0.1) is 10.2 Å². The molecule has 4 aromatic carbocycles. The van der Waals surface area contributed by atoms with Crippen LogP contribution >= 0.6 is 0 Å². The third kappa shape index (κ3) is 6.61. The van der Waals surface area contributed by atoms with Crippen molar-refractivity contribution in [3.05, 3.63) is 114 Å². The second-order valence-corrected chi connectivity index (χ2v) is 12.1. The smallest absolute Gasteiger partial charge is 0.250 e. The van der Waals surface area contributed by atoms with E-state index in [-0.39, 0.29) is 29.9 Å². The molecule has 10 heteroatoms. The summed E-state index contributed by atoms with van der Waals surface area (Å²) >= 11 is 0. The lowest BCUT2D eigenvalue weighted by Crippen LogP contribution is -2.52. The number of aromatic nitrogens is 4. The average Bonchev–Trinajstić information content (AvgIpc) is 3.53. The lowest BCUT2D eigenvalue weighted by Gasteiger charge is -2.30. The number of tetrazole rings is 1. The molecular weight excluding hydrogens is 566 g/mol. The number of phenols is 1. The van der Waals surface area contributed by atoms with Crippen LogP contribution in [0.15, 0.2) is 97.1 Å². The van der Waals surface area contributed by atoms with Gasteiger partial charge in [0.15, 0.2) is 0 Å². The van der Waals surface area contributed by atoms with E-state index in [0.29, 0.717) is 18.8 Å². The molecule has 1 aromatic heterocycles. The minimum Gasteiger partial charge on any atom is -0.508 e. The Hall–Kier alpha value is -5.35. The van der Waals surface area contributed by atoms with E-state index in [1.807, 2.05) is 84.9 Å². The molecule has 0 radical (unpaired) electrons. The SMILES string of the molecule is CC(C)(N)CC(=O)NC1C(=O)N(Cc2ccc(-c3ccccc3-c3nn[nH]n3)cc2)c2ccccc2CC1c1ccc(O)cc1. The molecule has 10 nitrogen and oxygen atoms in total. The number of fused-ring (bicyclic) bond motifs is 1. The van der Waals surface area contributed by atoms with Crippen LogP contribution in [0.3, 0.4) is 0 Å².